The Morgan fingerprint density at radius 3 is 2.04 bits per heavy atom. The molecule has 0 saturated heterocycles. The molecule has 0 N–H and O–H groups in total. The lowest BCUT2D eigenvalue weighted by atomic mass is 9.81. The van der Waals surface area contributed by atoms with Gasteiger partial charge in [-0.05, 0) is 134 Å². The molecule has 1 aromatic heterocycles. The Bertz CT molecular complexity index is 3310. The van der Waals surface area contributed by atoms with E-state index in [0.29, 0.717) is 0 Å². The summed E-state index contributed by atoms with van der Waals surface area (Å²) >= 11 is 0. The Balaban J connectivity index is 1.02. The van der Waals surface area contributed by atoms with Gasteiger partial charge in [-0.3, -0.25) is 0 Å². The number of hydrogen-bond acceptors (Lipinski definition) is 1. The Morgan fingerprint density at radius 1 is 0.526 bits per heavy atom. The molecule has 9 aromatic carbocycles. The molecule has 0 saturated carbocycles. The smallest absolute Gasteiger partial charge is 0.0620 e. The molecule has 57 heavy (non-hydrogen) atoms. The fraction of sp³-hybridized carbons (Fsp3) is 0.0909. The summed E-state index contributed by atoms with van der Waals surface area (Å²) in [5, 5.41) is 10.4. The lowest BCUT2D eigenvalue weighted by Crippen LogP contribution is -2.19. The summed E-state index contributed by atoms with van der Waals surface area (Å²) in [6.45, 7) is 4.81. The number of hydrogen-bond donors (Lipinski definition) is 0. The summed E-state index contributed by atoms with van der Waals surface area (Å²) in [5.41, 5.74) is 15.3. The van der Waals surface area contributed by atoms with E-state index in [9.17, 15) is 0 Å². The van der Waals surface area contributed by atoms with Gasteiger partial charge in [0.15, 0.2) is 0 Å². The van der Waals surface area contributed by atoms with E-state index in [0.717, 1.165) is 12.8 Å². The van der Waals surface area contributed by atoms with E-state index in [1.54, 1.807) is 0 Å². The summed E-state index contributed by atoms with van der Waals surface area (Å²) in [6, 6.07) is 61.3. The number of aromatic nitrogens is 1. The van der Waals surface area contributed by atoms with Gasteiger partial charge in [-0.15, -0.1) is 0 Å². The van der Waals surface area contributed by atoms with Crippen molar-refractivity contribution < 1.29 is 0 Å². The standard InChI is InChI=1S/C55H40N2/c1-55(2)49-33-36(24-28-43(49)44-31-26-41(34-50(44)55)56(38-14-6-3-7-15-38)39-16-8-4-9-17-39)42-27-22-35-23-30-47-53-37(25-29-46(42)52(35)53)32-48-45-20-12-13-21-51(45)57(54(47)48)40-18-10-5-11-19-40/h3-8,10-16,18-34H,9,17H2,1-2H3. The van der Waals surface area contributed by atoms with E-state index in [4.69, 9.17) is 0 Å². The molecule has 0 radical (unpaired) electrons. The monoisotopic (exact) mass is 728 g/mol. The lowest BCUT2D eigenvalue weighted by Gasteiger charge is -2.30. The SMILES string of the molecule is CC1(C)c2cc(-c3ccc4ccc5c6c(ccc3c46)cc3c4ccccc4n(-c4ccccc4)c35)ccc2-c2ccc(N(C3=CC=CCC3)c3ccccc3)cc21. The number of allylic oxidation sites excluding steroid dienone is 4. The predicted octanol–water partition coefficient (Wildman–Crippen LogP) is 15.0. The molecular weight excluding hydrogens is 689 g/mol. The van der Waals surface area contributed by atoms with Crippen molar-refractivity contribution in [3.05, 3.63) is 199 Å². The summed E-state index contributed by atoms with van der Waals surface area (Å²) in [4.78, 5) is 2.45. The fourth-order valence-electron chi connectivity index (χ4n) is 10.3. The van der Waals surface area contributed by atoms with Gasteiger partial charge in [0.1, 0.15) is 0 Å². The first-order chi connectivity index (χ1) is 28.0. The highest BCUT2D eigenvalue weighted by atomic mass is 15.1. The van der Waals surface area contributed by atoms with Crippen LogP contribution in [-0.2, 0) is 5.41 Å². The summed E-state index contributed by atoms with van der Waals surface area (Å²) < 4.78 is 2.46. The van der Waals surface area contributed by atoms with E-state index in [1.807, 2.05) is 0 Å². The Kier molecular flexibility index (Phi) is 6.84. The molecule has 0 unspecified atom stereocenters. The molecule has 0 atom stereocenters. The average Bonchev–Trinajstić information content (AvgIpc) is 3.71. The third kappa shape index (κ3) is 4.65. The minimum atomic E-state index is -0.167. The van der Waals surface area contributed by atoms with Crippen LogP contribution in [0.15, 0.2) is 188 Å². The predicted molar refractivity (Wildman–Crippen MR) is 243 cm³/mol. The van der Waals surface area contributed by atoms with Gasteiger partial charge in [0.05, 0.1) is 11.0 Å². The zero-order valence-electron chi connectivity index (χ0n) is 32.1. The number of nitrogens with zero attached hydrogens (tertiary/aromatic N) is 2. The van der Waals surface area contributed by atoms with E-state index in [-0.39, 0.29) is 5.41 Å². The lowest BCUT2D eigenvalue weighted by molar-refractivity contribution is 0.660. The molecule has 0 aliphatic heterocycles. The van der Waals surface area contributed by atoms with E-state index >= 15 is 0 Å². The van der Waals surface area contributed by atoms with Gasteiger partial charge in [0.25, 0.3) is 0 Å². The molecule has 0 amide bonds. The number of fused-ring (bicyclic) bond motifs is 7. The van der Waals surface area contributed by atoms with Crippen LogP contribution >= 0.6 is 0 Å². The first-order valence-corrected chi connectivity index (χ1v) is 20.2. The molecule has 0 fully saturated rings. The fourth-order valence-corrected chi connectivity index (χ4v) is 10.3. The minimum absolute atomic E-state index is 0.167. The minimum Gasteiger partial charge on any atom is -0.314 e. The Hall–Kier alpha value is -6.90. The summed E-state index contributed by atoms with van der Waals surface area (Å²) in [5.74, 6) is 0. The van der Waals surface area contributed by atoms with Crippen LogP contribution in [0.3, 0.4) is 0 Å². The zero-order valence-corrected chi connectivity index (χ0v) is 32.1. The molecule has 12 rings (SSSR count). The Morgan fingerprint density at radius 2 is 1.21 bits per heavy atom. The van der Waals surface area contributed by atoms with E-state index in [2.05, 4.69) is 205 Å². The third-order valence-corrected chi connectivity index (χ3v) is 13.0. The largest absolute Gasteiger partial charge is 0.314 e. The topological polar surface area (TPSA) is 8.17 Å². The van der Waals surface area contributed by atoms with Gasteiger partial charge in [0, 0.05) is 44.3 Å². The third-order valence-electron chi connectivity index (χ3n) is 13.0. The number of para-hydroxylation sites is 3. The van der Waals surface area contributed by atoms with Crippen molar-refractivity contribution in [1.82, 2.24) is 4.57 Å². The molecule has 2 heteroatoms. The van der Waals surface area contributed by atoms with Crippen molar-refractivity contribution >= 4 is 65.5 Å². The maximum atomic E-state index is 2.48. The molecular formula is C55H40N2. The van der Waals surface area contributed by atoms with E-state index in [1.165, 1.54) is 110 Å². The van der Waals surface area contributed by atoms with Crippen LogP contribution in [0.2, 0.25) is 0 Å². The van der Waals surface area contributed by atoms with Crippen LogP contribution in [0.4, 0.5) is 11.4 Å². The van der Waals surface area contributed by atoms with Crippen LogP contribution in [-0.4, -0.2) is 4.57 Å². The second-order valence-corrected chi connectivity index (χ2v) is 16.4. The van der Waals surface area contributed by atoms with Crippen LogP contribution in [0.1, 0.15) is 37.8 Å². The highest BCUT2D eigenvalue weighted by molar-refractivity contribution is 6.32. The number of anilines is 2. The van der Waals surface area contributed by atoms with Gasteiger partial charge >= 0.3 is 0 Å². The molecule has 10 aromatic rings. The molecule has 0 spiro atoms. The van der Waals surface area contributed by atoms with Crippen LogP contribution in [0.25, 0.3) is 82.1 Å². The molecule has 0 bridgehead atoms. The first kappa shape index (κ1) is 32.4. The van der Waals surface area contributed by atoms with Crippen molar-refractivity contribution in [1.29, 1.82) is 0 Å². The molecule has 2 aliphatic carbocycles. The van der Waals surface area contributed by atoms with Gasteiger partial charge in [-0.1, -0.05) is 135 Å². The van der Waals surface area contributed by atoms with Crippen LogP contribution < -0.4 is 4.90 Å². The zero-order chi connectivity index (χ0) is 37.8. The summed E-state index contributed by atoms with van der Waals surface area (Å²) in [7, 11) is 0. The van der Waals surface area contributed by atoms with Gasteiger partial charge in [-0.25, -0.2) is 0 Å². The number of rotatable bonds is 5. The quantitative estimate of drug-likeness (QED) is 0.160. The highest BCUT2D eigenvalue weighted by Gasteiger charge is 2.36. The van der Waals surface area contributed by atoms with Crippen molar-refractivity contribution in [3.8, 4) is 27.9 Å². The average molecular weight is 729 g/mol. The van der Waals surface area contributed by atoms with Gasteiger partial charge in [-0.2, -0.15) is 0 Å². The van der Waals surface area contributed by atoms with Gasteiger partial charge in [0.2, 0.25) is 0 Å². The maximum Gasteiger partial charge on any atom is 0.0620 e. The molecule has 1 heterocycles. The molecule has 2 nitrogen and oxygen atoms in total. The van der Waals surface area contributed by atoms with Gasteiger partial charge < -0.3 is 9.47 Å². The second kappa shape index (κ2) is 12.0. The normalized spacial score (nSPS) is 14.5. The van der Waals surface area contributed by atoms with Crippen molar-refractivity contribution in [2.75, 3.05) is 4.90 Å². The molecule has 270 valence electrons. The van der Waals surface area contributed by atoms with E-state index < -0.39 is 0 Å². The first-order valence-electron chi connectivity index (χ1n) is 20.2. The molecule has 2 aliphatic rings. The Labute approximate surface area is 332 Å². The highest BCUT2D eigenvalue weighted by Crippen LogP contribution is 2.52. The number of benzene rings is 9. The van der Waals surface area contributed by atoms with Crippen LogP contribution in [0.5, 0.6) is 0 Å². The summed E-state index contributed by atoms with van der Waals surface area (Å²) in [6.07, 6.45) is 8.82. The van der Waals surface area contributed by atoms with Crippen LogP contribution in [0, 0.1) is 0 Å². The van der Waals surface area contributed by atoms with Crippen molar-refractivity contribution in [2.24, 2.45) is 0 Å². The maximum absolute atomic E-state index is 2.48. The second-order valence-electron chi connectivity index (χ2n) is 16.4. The van der Waals surface area contributed by atoms with Crippen molar-refractivity contribution in [3.63, 3.8) is 0 Å². The van der Waals surface area contributed by atoms with Crippen molar-refractivity contribution in [2.45, 2.75) is 32.1 Å².